The summed E-state index contributed by atoms with van der Waals surface area (Å²) >= 11 is 1.46. The first-order chi connectivity index (χ1) is 10.1. The molecular weight excluding hydrogens is 304 g/mol. The molecule has 0 unspecified atom stereocenters. The second-order valence-electron chi connectivity index (χ2n) is 4.76. The minimum atomic E-state index is -3.49. The maximum atomic E-state index is 12.2. The highest BCUT2D eigenvalue weighted by molar-refractivity contribution is 7.92. The maximum Gasteiger partial charge on any atom is 0.261 e. The molecule has 0 radical (unpaired) electrons. The molecular formula is C15H20N2O2S2. The second kappa shape index (κ2) is 7.59. The fourth-order valence-corrected chi connectivity index (χ4v) is 3.62. The van der Waals surface area contributed by atoms with Gasteiger partial charge in [0.1, 0.15) is 0 Å². The van der Waals surface area contributed by atoms with Crippen molar-refractivity contribution in [2.75, 3.05) is 17.8 Å². The fourth-order valence-electron chi connectivity index (χ4n) is 1.91. The lowest BCUT2D eigenvalue weighted by molar-refractivity contribution is 0.601. The molecule has 2 N–H and O–H groups in total. The van der Waals surface area contributed by atoms with Gasteiger partial charge in [0.05, 0.1) is 10.6 Å². The summed E-state index contributed by atoms with van der Waals surface area (Å²) in [6.07, 6.45) is 2.02. The van der Waals surface area contributed by atoms with Crippen LogP contribution in [0.25, 0.3) is 0 Å². The molecule has 0 amide bonds. The molecule has 0 spiro atoms. The summed E-state index contributed by atoms with van der Waals surface area (Å²) in [5.74, 6) is 0. The molecule has 1 aromatic carbocycles. The van der Waals surface area contributed by atoms with Crippen LogP contribution in [0.1, 0.15) is 18.9 Å². The molecule has 0 aliphatic rings. The van der Waals surface area contributed by atoms with Crippen molar-refractivity contribution in [2.24, 2.45) is 0 Å². The molecule has 0 fully saturated rings. The van der Waals surface area contributed by atoms with Gasteiger partial charge in [0.25, 0.3) is 10.0 Å². The van der Waals surface area contributed by atoms with E-state index in [-0.39, 0.29) is 0 Å². The third kappa shape index (κ3) is 4.84. The molecule has 0 saturated carbocycles. The van der Waals surface area contributed by atoms with E-state index in [9.17, 15) is 8.42 Å². The predicted molar refractivity (Wildman–Crippen MR) is 88.4 cm³/mol. The molecule has 114 valence electrons. The Bertz CT molecular complexity index is 635. The van der Waals surface area contributed by atoms with Crippen molar-refractivity contribution in [3.8, 4) is 0 Å². The van der Waals surface area contributed by atoms with Crippen molar-refractivity contribution in [1.82, 2.24) is 5.32 Å². The van der Waals surface area contributed by atoms with Gasteiger partial charge in [-0.25, -0.2) is 8.42 Å². The highest BCUT2D eigenvalue weighted by atomic mass is 32.2. The van der Waals surface area contributed by atoms with Crippen LogP contribution in [0.2, 0.25) is 0 Å². The van der Waals surface area contributed by atoms with Crippen molar-refractivity contribution >= 4 is 27.0 Å². The molecule has 0 saturated heterocycles. The van der Waals surface area contributed by atoms with Gasteiger partial charge >= 0.3 is 0 Å². The SMILES string of the molecule is CCCNCCc1ccc(S(=O)(=O)Nc2ccsc2)cc1. The van der Waals surface area contributed by atoms with Crippen LogP contribution in [0.15, 0.2) is 46.0 Å². The summed E-state index contributed by atoms with van der Waals surface area (Å²) in [5.41, 5.74) is 1.74. The molecule has 0 aliphatic carbocycles. The van der Waals surface area contributed by atoms with Crippen LogP contribution < -0.4 is 10.0 Å². The van der Waals surface area contributed by atoms with Crippen LogP contribution in [-0.4, -0.2) is 21.5 Å². The Hall–Kier alpha value is -1.37. The van der Waals surface area contributed by atoms with E-state index in [4.69, 9.17) is 0 Å². The first kappa shape index (κ1) is 16.0. The largest absolute Gasteiger partial charge is 0.316 e. The molecule has 0 bridgehead atoms. The van der Waals surface area contributed by atoms with E-state index in [0.717, 1.165) is 31.5 Å². The molecule has 2 aromatic rings. The quantitative estimate of drug-likeness (QED) is 0.734. The number of hydrogen-bond donors (Lipinski definition) is 2. The molecule has 2 rings (SSSR count). The molecule has 0 aliphatic heterocycles. The highest BCUT2D eigenvalue weighted by Gasteiger charge is 2.13. The van der Waals surface area contributed by atoms with Crippen molar-refractivity contribution in [2.45, 2.75) is 24.7 Å². The van der Waals surface area contributed by atoms with Crippen molar-refractivity contribution in [1.29, 1.82) is 0 Å². The molecule has 0 atom stereocenters. The number of sulfonamides is 1. The lowest BCUT2D eigenvalue weighted by atomic mass is 10.1. The first-order valence-corrected chi connectivity index (χ1v) is 9.39. The zero-order valence-electron chi connectivity index (χ0n) is 12.0. The molecule has 6 heteroatoms. The van der Waals surface area contributed by atoms with Crippen LogP contribution in [-0.2, 0) is 16.4 Å². The molecule has 1 heterocycles. The zero-order valence-corrected chi connectivity index (χ0v) is 13.6. The van der Waals surface area contributed by atoms with Gasteiger partial charge in [-0.05, 0) is 55.1 Å². The number of anilines is 1. The lowest BCUT2D eigenvalue weighted by Gasteiger charge is -2.08. The Morgan fingerprint density at radius 1 is 1.10 bits per heavy atom. The zero-order chi connectivity index (χ0) is 15.1. The van der Waals surface area contributed by atoms with Gasteiger partial charge in [-0.1, -0.05) is 19.1 Å². The normalized spacial score (nSPS) is 11.5. The average molecular weight is 324 g/mol. The van der Waals surface area contributed by atoms with Crippen molar-refractivity contribution in [3.05, 3.63) is 46.7 Å². The van der Waals surface area contributed by atoms with Crippen LogP contribution in [0.4, 0.5) is 5.69 Å². The van der Waals surface area contributed by atoms with E-state index >= 15 is 0 Å². The summed E-state index contributed by atoms with van der Waals surface area (Å²) in [5, 5.41) is 6.94. The number of rotatable bonds is 8. The fraction of sp³-hybridized carbons (Fsp3) is 0.333. The van der Waals surface area contributed by atoms with Crippen molar-refractivity contribution in [3.63, 3.8) is 0 Å². The summed E-state index contributed by atoms with van der Waals surface area (Å²) in [7, 11) is -3.49. The van der Waals surface area contributed by atoms with Gasteiger partial charge < -0.3 is 5.32 Å². The van der Waals surface area contributed by atoms with Gasteiger partial charge in [-0.15, -0.1) is 0 Å². The Kier molecular flexibility index (Phi) is 5.78. The Labute approximate surface area is 130 Å². The minimum absolute atomic E-state index is 0.291. The van der Waals surface area contributed by atoms with Crippen LogP contribution in [0.3, 0.4) is 0 Å². The van der Waals surface area contributed by atoms with E-state index in [1.807, 2.05) is 17.5 Å². The van der Waals surface area contributed by atoms with E-state index in [1.54, 1.807) is 23.6 Å². The smallest absolute Gasteiger partial charge is 0.261 e. The third-order valence-electron chi connectivity index (χ3n) is 3.02. The molecule has 4 nitrogen and oxygen atoms in total. The van der Waals surface area contributed by atoms with Crippen LogP contribution in [0.5, 0.6) is 0 Å². The Balaban J connectivity index is 1.97. The van der Waals surface area contributed by atoms with Crippen LogP contribution >= 0.6 is 11.3 Å². The minimum Gasteiger partial charge on any atom is -0.316 e. The van der Waals surface area contributed by atoms with Crippen molar-refractivity contribution < 1.29 is 8.42 Å². The number of nitrogens with one attached hydrogen (secondary N) is 2. The third-order valence-corrected chi connectivity index (χ3v) is 5.10. The number of thiophene rings is 1. The summed E-state index contributed by atoms with van der Waals surface area (Å²) in [6.45, 7) is 4.05. The molecule has 1 aromatic heterocycles. The van der Waals surface area contributed by atoms with E-state index < -0.39 is 10.0 Å². The monoisotopic (exact) mass is 324 g/mol. The maximum absolute atomic E-state index is 12.2. The van der Waals surface area contributed by atoms with E-state index in [2.05, 4.69) is 17.0 Å². The number of benzene rings is 1. The van der Waals surface area contributed by atoms with Gasteiger partial charge in [0.2, 0.25) is 0 Å². The Morgan fingerprint density at radius 2 is 1.86 bits per heavy atom. The highest BCUT2D eigenvalue weighted by Crippen LogP contribution is 2.18. The van der Waals surface area contributed by atoms with Crippen LogP contribution in [0, 0.1) is 0 Å². The average Bonchev–Trinajstić information content (AvgIpc) is 2.96. The van der Waals surface area contributed by atoms with Gasteiger partial charge in [-0.3, -0.25) is 4.72 Å². The first-order valence-electron chi connectivity index (χ1n) is 6.96. The predicted octanol–water partition coefficient (Wildman–Crippen LogP) is 3.09. The standard InChI is InChI=1S/C15H20N2O2S2/c1-2-9-16-10-7-13-3-5-15(6-4-13)21(18,19)17-14-8-11-20-12-14/h3-6,8,11-12,16-17H,2,7,9-10H2,1H3. The number of hydrogen-bond acceptors (Lipinski definition) is 4. The molecule has 21 heavy (non-hydrogen) atoms. The summed E-state index contributed by atoms with van der Waals surface area (Å²) in [6, 6.07) is 8.80. The lowest BCUT2D eigenvalue weighted by Crippen LogP contribution is -2.17. The van der Waals surface area contributed by atoms with E-state index in [0.29, 0.717) is 10.6 Å². The summed E-state index contributed by atoms with van der Waals surface area (Å²) < 4.78 is 26.9. The Morgan fingerprint density at radius 3 is 2.48 bits per heavy atom. The summed E-state index contributed by atoms with van der Waals surface area (Å²) in [4.78, 5) is 0.291. The van der Waals surface area contributed by atoms with E-state index in [1.165, 1.54) is 11.3 Å². The van der Waals surface area contributed by atoms with Gasteiger partial charge in [0.15, 0.2) is 0 Å². The van der Waals surface area contributed by atoms with Gasteiger partial charge in [0, 0.05) is 5.38 Å². The second-order valence-corrected chi connectivity index (χ2v) is 7.22. The van der Waals surface area contributed by atoms with Gasteiger partial charge in [-0.2, -0.15) is 11.3 Å². The topological polar surface area (TPSA) is 58.2 Å².